The number of barbiturate groups is 1. The molecule has 7 nitrogen and oxygen atoms in total. The Morgan fingerprint density at radius 1 is 0.941 bits per heavy atom. The first-order valence-electron chi connectivity index (χ1n) is 10.6. The van der Waals surface area contributed by atoms with Crippen LogP contribution in [0.25, 0.3) is 6.08 Å². The molecule has 0 bridgehead atoms. The number of urea groups is 1. The van der Waals surface area contributed by atoms with Gasteiger partial charge in [0, 0.05) is 10.6 Å². The minimum atomic E-state index is -0.831. The number of halogens is 1. The van der Waals surface area contributed by atoms with Crippen LogP contribution in [0.4, 0.5) is 10.5 Å². The molecule has 8 heteroatoms. The van der Waals surface area contributed by atoms with E-state index in [2.05, 4.69) is 5.32 Å². The number of carbonyl (C=O) groups excluding carboxylic acids is 3. The molecular formula is C26H21ClN2O5. The van der Waals surface area contributed by atoms with E-state index >= 15 is 0 Å². The third-order valence-electron chi connectivity index (χ3n) is 5.02. The number of anilines is 1. The third-order valence-corrected chi connectivity index (χ3v) is 5.25. The van der Waals surface area contributed by atoms with Crippen molar-refractivity contribution >= 4 is 41.2 Å². The van der Waals surface area contributed by atoms with Crippen molar-refractivity contribution in [3.63, 3.8) is 0 Å². The van der Waals surface area contributed by atoms with Crippen LogP contribution in [0.1, 0.15) is 18.1 Å². The highest BCUT2D eigenvalue weighted by molar-refractivity contribution is 6.39. The SMILES string of the molecule is CCOc1ccc(N2C(=O)NC(=O)/C(=C\c3cc(Cl)ccc3OCc3ccccc3)C2=O)cc1. The molecule has 34 heavy (non-hydrogen) atoms. The second-order valence-corrected chi connectivity index (χ2v) is 7.78. The summed E-state index contributed by atoms with van der Waals surface area (Å²) in [4.78, 5) is 39.2. The van der Waals surface area contributed by atoms with E-state index in [1.54, 1.807) is 42.5 Å². The number of nitrogens with zero attached hydrogens (tertiary/aromatic N) is 1. The molecule has 0 saturated carbocycles. The third kappa shape index (κ3) is 5.10. The highest BCUT2D eigenvalue weighted by atomic mass is 35.5. The fourth-order valence-corrected chi connectivity index (χ4v) is 3.58. The molecule has 3 aromatic carbocycles. The van der Waals surface area contributed by atoms with Gasteiger partial charge in [0.05, 0.1) is 12.3 Å². The van der Waals surface area contributed by atoms with E-state index in [0.717, 1.165) is 10.5 Å². The zero-order chi connectivity index (χ0) is 24.1. The first kappa shape index (κ1) is 23.1. The van der Waals surface area contributed by atoms with Crippen LogP contribution in [-0.4, -0.2) is 24.5 Å². The van der Waals surface area contributed by atoms with Gasteiger partial charge in [0.2, 0.25) is 0 Å². The summed E-state index contributed by atoms with van der Waals surface area (Å²) in [6, 6.07) is 20.1. The van der Waals surface area contributed by atoms with Crippen molar-refractivity contribution in [3.05, 3.63) is 94.5 Å². The second kappa shape index (κ2) is 10.2. The molecule has 4 amide bonds. The number of ether oxygens (including phenoxy) is 2. The van der Waals surface area contributed by atoms with E-state index in [1.165, 1.54) is 6.08 Å². The minimum absolute atomic E-state index is 0.222. The number of imide groups is 2. The van der Waals surface area contributed by atoms with Crippen molar-refractivity contribution in [1.82, 2.24) is 5.32 Å². The zero-order valence-electron chi connectivity index (χ0n) is 18.3. The number of carbonyl (C=O) groups is 3. The largest absolute Gasteiger partial charge is 0.494 e. The summed E-state index contributed by atoms with van der Waals surface area (Å²) in [5, 5.41) is 2.62. The van der Waals surface area contributed by atoms with Crippen molar-refractivity contribution < 1.29 is 23.9 Å². The molecule has 0 atom stereocenters. The van der Waals surface area contributed by atoms with Crippen LogP contribution in [0.3, 0.4) is 0 Å². The summed E-state index contributed by atoms with van der Waals surface area (Å²) in [6.45, 7) is 2.62. The summed E-state index contributed by atoms with van der Waals surface area (Å²) < 4.78 is 11.3. The van der Waals surface area contributed by atoms with Gasteiger partial charge in [-0.2, -0.15) is 0 Å². The highest BCUT2D eigenvalue weighted by Gasteiger charge is 2.37. The van der Waals surface area contributed by atoms with Gasteiger partial charge >= 0.3 is 6.03 Å². The van der Waals surface area contributed by atoms with Gasteiger partial charge < -0.3 is 9.47 Å². The molecule has 1 saturated heterocycles. The van der Waals surface area contributed by atoms with Gasteiger partial charge in [-0.05, 0) is 61.0 Å². The summed E-state index contributed by atoms with van der Waals surface area (Å²) in [6.07, 6.45) is 1.37. The Kier molecular flexibility index (Phi) is 6.94. The molecule has 172 valence electrons. The van der Waals surface area contributed by atoms with Crippen molar-refractivity contribution in [2.24, 2.45) is 0 Å². The number of nitrogens with one attached hydrogen (secondary N) is 1. The van der Waals surface area contributed by atoms with Crippen molar-refractivity contribution in [1.29, 1.82) is 0 Å². The van der Waals surface area contributed by atoms with E-state index in [0.29, 0.717) is 34.4 Å². The predicted octanol–water partition coefficient (Wildman–Crippen LogP) is 4.98. The van der Waals surface area contributed by atoms with Gasteiger partial charge in [0.1, 0.15) is 23.7 Å². The van der Waals surface area contributed by atoms with Crippen LogP contribution >= 0.6 is 11.6 Å². The van der Waals surface area contributed by atoms with Crippen LogP contribution in [-0.2, 0) is 16.2 Å². The van der Waals surface area contributed by atoms with Gasteiger partial charge in [0.15, 0.2) is 0 Å². The Balaban J connectivity index is 1.64. The predicted molar refractivity (Wildman–Crippen MR) is 129 cm³/mol. The van der Waals surface area contributed by atoms with Crippen LogP contribution in [0.15, 0.2) is 78.4 Å². The van der Waals surface area contributed by atoms with E-state index in [4.69, 9.17) is 21.1 Å². The zero-order valence-corrected chi connectivity index (χ0v) is 19.0. The summed E-state index contributed by atoms with van der Waals surface area (Å²) >= 11 is 6.17. The molecule has 0 radical (unpaired) electrons. The Labute approximate surface area is 201 Å². The molecule has 1 aliphatic heterocycles. The fourth-order valence-electron chi connectivity index (χ4n) is 3.40. The molecule has 0 spiro atoms. The topological polar surface area (TPSA) is 84.9 Å². The number of hydrogen-bond donors (Lipinski definition) is 1. The Bertz CT molecular complexity index is 1260. The lowest BCUT2D eigenvalue weighted by molar-refractivity contribution is -0.122. The number of hydrogen-bond acceptors (Lipinski definition) is 5. The first-order chi connectivity index (χ1) is 16.5. The quantitative estimate of drug-likeness (QED) is 0.384. The summed E-state index contributed by atoms with van der Waals surface area (Å²) in [5.41, 5.74) is 1.47. The van der Waals surface area contributed by atoms with E-state index in [-0.39, 0.29) is 12.2 Å². The smallest absolute Gasteiger partial charge is 0.335 e. The van der Waals surface area contributed by atoms with Crippen molar-refractivity contribution in [2.75, 3.05) is 11.5 Å². The maximum atomic E-state index is 13.2. The van der Waals surface area contributed by atoms with Gasteiger partial charge in [-0.3, -0.25) is 14.9 Å². The molecule has 0 unspecified atom stereocenters. The van der Waals surface area contributed by atoms with Crippen LogP contribution < -0.4 is 19.7 Å². The van der Waals surface area contributed by atoms with E-state index in [1.807, 2.05) is 37.3 Å². The molecule has 1 N–H and O–H groups in total. The average molecular weight is 477 g/mol. The number of rotatable bonds is 7. The lowest BCUT2D eigenvalue weighted by atomic mass is 10.1. The number of benzene rings is 3. The van der Waals surface area contributed by atoms with E-state index < -0.39 is 17.8 Å². The van der Waals surface area contributed by atoms with Crippen LogP contribution in [0.2, 0.25) is 5.02 Å². The average Bonchev–Trinajstić information content (AvgIpc) is 2.83. The van der Waals surface area contributed by atoms with E-state index in [9.17, 15) is 14.4 Å². The molecule has 1 aliphatic rings. The fraction of sp³-hybridized carbons (Fsp3) is 0.115. The van der Waals surface area contributed by atoms with Gasteiger partial charge in [-0.1, -0.05) is 41.9 Å². The lowest BCUT2D eigenvalue weighted by Crippen LogP contribution is -2.54. The van der Waals surface area contributed by atoms with Crippen molar-refractivity contribution in [2.45, 2.75) is 13.5 Å². The highest BCUT2D eigenvalue weighted by Crippen LogP contribution is 2.29. The standard InChI is InChI=1S/C26H21ClN2O5/c1-2-33-21-11-9-20(10-12-21)29-25(31)22(24(30)28-26(29)32)15-18-14-19(27)8-13-23(18)34-16-17-6-4-3-5-7-17/h3-15H,2,16H2,1H3,(H,28,30,32)/b22-15+. The summed E-state index contributed by atoms with van der Waals surface area (Å²) in [5.74, 6) is -0.522. The summed E-state index contributed by atoms with van der Waals surface area (Å²) in [7, 11) is 0. The molecule has 1 fully saturated rings. The molecule has 4 rings (SSSR count). The minimum Gasteiger partial charge on any atom is -0.494 e. The molecule has 1 heterocycles. The number of amides is 4. The first-order valence-corrected chi connectivity index (χ1v) is 10.9. The van der Waals surface area contributed by atoms with Crippen LogP contribution in [0.5, 0.6) is 11.5 Å². The lowest BCUT2D eigenvalue weighted by Gasteiger charge is -2.26. The van der Waals surface area contributed by atoms with Gasteiger partial charge in [-0.15, -0.1) is 0 Å². The monoisotopic (exact) mass is 476 g/mol. The van der Waals surface area contributed by atoms with Crippen LogP contribution in [0, 0.1) is 0 Å². The Morgan fingerprint density at radius 3 is 2.38 bits per heavy atom. The Morgan fingerprint density at radius 2 is 1.68 bits per heavy atom. The second-order valence-electron chi connectivity index (χ2n) is 7.34. The normalized spacial score (nSPS) is 14.8. The maximum Gasteiger partial charge on any atom is 0.335 e. The molecule has 3 aromatic rings. The molecule has 0 aliphatic carbocycles. The van der Waals surface area contributed by atoms with Gasteiger partial charge in [0.25, 0.3) is 11.8 Å². The maximum absolute atomic E-state index is 13.2. The molecular weight excluding hydrogens is 456 g/mol. The van der Waals surface area contributed by atoms with Crippen molar-refractivity contribution in [3.8, 4) is 11.5 Å². The Hall–Kier alpha value is -4.10. The van der Waals surface area contributed by atoms with Gasteiger partial charge in [-0.25, -0.2) is 9.69 Å². The molecule has 0 aromatic heterocycles.